The highest BCUT2D eigenvalue weighted by Crippen LogP contribution is 2.39. The molecule has 1 unspecified atom stereocenters. The Kier molecular flexibility index (Phi) is 5.09. The highest BCUT2D eigenvalue weighted by Gasteiger charge is 2.39. The Morgan fingerprint density at radius 1 is 0.929 bits per heavy atom. The number of aromatic amines is 1. The van der Waals surface area contributed by atoms with E-state index in [0.717, 1.165) is 0 Å². The topological polar surface area (TPSA) is 54.7 Å². The van der Waals surface area contributed by atoms with Crippen molar-refractivity contribution in [2.75, 3.05) is 0 Å². The number of alkyl halides is 6. The predicted molar refractivity (Wildman–Crippen MR) is 87.9 cm³/mol. The van der Waals surface area contributed by atoms with Crippen LogP contribution in [0.3, 0.4) is 0 Å². The minimum absolute atomic E-state index is 0.00467. The van der Waals surface area contributed by atoms with E-state index < -0.39 is 40.9 Å². The van der Waals surface area contributed by atoms with Gasteiger partial charge in [0.25, 0.3) is 0 Å². The molecule has 0 aliphatic rings. The smallest absolute Gasteiger partial charge is 0.342 e. The standard InChI is InChI=1S/C18H14F7N3/c19-11-3-1-9(2-4-11)5-12(26)8-15-27-14-7-10(17(20,21)22)6-13(16(14)28-15)18(23,24)25/h1-4,6-7,12H,5,8,26H2,(H,27,28). The Morgan fingerprint density at radius 3 is 2.14 bits per heavy atom. The minimum atomic E-state index is -5.00. The molecule has 1 heterocycles. The largest absolute Gasteiger partial charge is 0.418 e. The molecule has 0 aliphatic carbocycles. The summed E-state index contributed by atoms with van der Waals surface area (Å²) in [6.45, 7) is 0. The van der Waals surface area contributed by atoms with Crippen molar-refractivity contribution in [1.82, 2.24) is 9.97 Å². The molecule has 2 aromatic carbocycles. The van der Waals surface area contributed by atoms with E-state index in [4.69, 9.17) is 5.73 Å². The molecule has 0 radical (unpaired) electrons. The number of benzene rings is 2. The quantitative estimate of drug-likeness (QED) is 0.610. The van der Waals surface area contributed by atoms with E-state index >= 15 is 0 Å². The molecule has 3 aromatic rings. The molecule has 28 heavy (non-hydrogen) atoms. The first-order valence-corrected chi connectivity index (χ1v) is 8.10. The molecule has 3 N–H and O–H groups in total. The molecule has 0 saturated heterocycles. The van der Waals surface area contributed by atoms with Gasteiger partial charge in [0.1, 0.15) is 17.2 Å². The molecule has 1 atom stereocenters. The molecule has 10 heteroatoms. The number of H-pyrrole nitrogens is 1. The summed E-state index contributed by atoms with van der Waals surface area (Å²) in [7, 11) is 0. The van der Waals surface area contributed by atoms with Gasteiger partial charge in [0.15, 0.2) is 0 Å². The van der Waals surface area contributed by atoms with Crippen molar-refractivity contribution in [3.63, 3.8) is 0 Å². The molecule has 0 bridgehead atoms. The van der Waals surface area contributed by atoms with Gasteiger partial charge in [-0.3, -0.25) is 0 Å². The van der Waals surface area contributed by atoms with Crippen LogP contribution in [-0.4, -0.2) is 16.0 Å². The summed E-state index contributed by atoms with van der Waals surface area (Å²) in [5.74, 6) is -0.385. The lowest BCUT2D eigenvalue weighted by Gasteiger charge is -2.11. The third-order valence-electron chi connectivity index (χ3n) is 4.14. The maximum absolute atomic E-state index is 13.2. The fraction of sp³-hybridized carbons (Fsp3) is 0.278. The summed E-state index contributed by atoms with van der Waals surface area (Å²) in [5, 5.41) is 0. The SMILES string of the molecule is NC(Cc1ccc(F)cc1)Cc1nc2c(C(F)(F)F)cc(C(F)(F)F)cc2[nH]1. The maximum atomic E-state index is 13.2. The summed E-state index contributed by atoms with van der Waals surface area (Å²) in [6, 6.07) is 5.59. The van der Waals surface area contributed by atoms with Crippen molar-refractivity contribution in [1.29, 1.82) is 0 Å². The number of halogens is 7. The lowest BCUT2D eigenvalue weighted by molar-refractivity contribution is -0.142. The Labute approximate surface area is 154 Å². The van der Waals surface area contributed by atoms with Crippen LogP contribution in [-0.2, 0) is 25.2 Å². The maximum Gasteiger partial charge on any atom is 0.418 e. The van der Waals surface area contributed by atoms with Crippen molar-refractivity contribution < 1.29 is 30.7 Å². The number of hydrogen-bond donors (Lipinski definition) is 2. The van der Waals surface area contributed by atoms with Gasteiger partial charge < -0.3 is 10.7 Å². The average molecular weight is 405 g/mol. The van der Waals surface area contributed by atoms with Crippen molar-refractivity contribution in [3.05, 3.63) is 64.7 Å². The second kappa shape index (κ2) is 7.08. The second-order valence-corrected chi connectivity index (χ2v) is 6.39. The van der Waals surface area contributed by atoms with Crippen molar-refractivity contribution in [3.8, 4) is 0 Å². The van der Waals surface area contributed by atoms with E-state index in [1.807, 2.05) is 0 Å². The van der Waals surface area contributed by atoms with E-state index in [2.05, 4.69) is 9.97 Å². The van der Waals surface area contributed by atoms with E-state index in [1.54, 1.807) is 0 Å². The first kappa shape index (κ1) is 20.1. The Balaban J connectivity index is 1.91. The number of rotatable bonds is 4. The lowest BCUT2D eigenvalue weighted by Crippen LogP contribution is -2.26. The highest BCUT2D eigenvalue weighted by atomic mass is 19.4. The third-order valence-corrected chi connectivity index (χ3v) is 4.14. The summed E-state index contributed by atoms with van der Waals surface area (Å²) in [6.07, 6.45) is -9.64. The number of nitrogens with two attached hydrogens (primary N) is 1. The number of fused-ring (bicyclic) bond motifs is 1. The molecule has 1 aromatic heterocycles. The van der Waals surface area contributed by atoms with Crippen molar-refractivity contribution in [2.45, 2.75) is 31.2 Å². The Bertz CT molecular complexity index is 972. The van der Waals surface area contributed by atoms with Gasteiger partial charge in [-0.2, -0.15) is 26.3 Å². The monoisotopic (exact) mass is 405 g/mol. The first-order valence-electron chi connectivity index (χ1n) is 8.10. The van der Waals surface area contributed by atoms with Crippen LogP contribution < -0.4 is 5.73 Å². The summed E-state index contributed by atoms with van der Waals surface area (Å²) >= 11 is 0. The molecular formula is C18H14F7N3. The predicted octanol–water partition coefficient (Wildman–Crippen LogP) is 4.85. The van der Waals surface area contributed by atoms with Crippen molar-refractivity contribution in [2.24, 2.45) is 5.73 Å². The van der Waals surface area contributed by atoms with Crippen LogP contribution in [0.1, 0.15) is 22.5 Å². The Hall–Kier alpha value is -2.62. The number of hydrogen-bond acceptors (Lipinski definition) is 2. The van der Waals surface area contributed by atoms with E-state index in [-0.39, 0.29) is 30.2 Å². The summed E-state index contributed by atoms with van der Waals surface area (Å²) in [5.41, 5.74) is 2.83. The number of aromatic nitrogens is 2. The van der Waals surface area contributed by atoms with Gasteiger partial charge in [0.05, 0.1) is 16.6 Å². The van der Waals surface area contributed by atoms with Gasteiger partial charge in [-0.05, 0) is 36.2 Å². The molecule has 0 amide bonds. The van der Waals surface area contributed by atoms with Gasteiger partial charge in [-0.1, -0.05) is 12.1 Å². The van der Waals surface area contributed by atoms with Crippen LogP contribution in [0.15, 0.2) is 36.4 Å². The lowest BCUT2D eigenvalue weighted by atomic mass is 10.0. The van der Waals surface area contributed by atoms with Gasteiger partial charge in [0.2, 0.25) is 0 Å². The van der Waals surface area contributed by atoms with Crippen LogP contribution >= 0.6 is 0 Å². The van der Waals surface area contributed by atoms with Crippen molar-refractivity contribution >= 4 is 11.0 Å². The molecule has 0 saturated carbocycles. The first-order chi connectivity index (χ1) is 12.9. The van der Waals surface area contributed by atoms with Crippen LogP contribution in [0.4, 0.5) is 30.7 Å². The van der Waals surface area contributed by atoms with Crippen LogP contribution in [0.2, 0.25) is 0 Å². The fourth-order valence-corrected chi connectivity index (χ4v) is 2.89. The van der Waals surface area contributed by atoms with Gasteiger partial charge >= 0.3 is 12.4 Å². The fourth-order valence-electron chi connectivity index (χ4n) is 2.89. The normalized spacial score (nSPS) is 13.9. The molecular weight excluding hydrogens is 391 g/mol. The van der Waals surface area contributed by atoms with E-state index in [9.17, 15) is 30.7 Å². The van der Waals surface area contributed by atoms with Crippen LogP contribution in [0.5, 0.6) is 0 Å². The molecule has 3 rings (SSSR count). The molecule has 0 aliphatic heterocycles. The zero-order valence-corrected chi connectivity index (χ0v) is 14.1. The van der Waals surface area contributed by atoms with Crippen LogP contribution in [0, 0.1) is 5.82 Å². The summed E-state index contributed by atoms with van der Waals surface area (Å²) in [4.78, 5) is 6.31. The summed E-state index contributed by atoms with van der Waals surface area (Å²) < 4.78 is 91.3. The number of imidazole rings is 1. The molecule has 0 spiro atoms. The Morgan fingerprint density at radius 2 is 1.57 bits per heavy atom. The molecule has 0 fully saturated rings. The van der Waals surface area contributed by atoms with Gasteiger partial charge in [0, 0.05) is 12.5 Å². The zero-order valence-electron chi connectivity index (χ0n) is 14.1. The number of nitrogens with zero attached hydrogens (tertiary/aromatic N) is 1. The van der Waals surface area contributed by atoms with Gasteiger partial charge in [-0.15, -0.1) is 0 Å². The minimum Gasteiger partial charge on any atom is -0.342 e. The molecule has 3 nitrogen and oxygen atoms in total. The number of nitrogens with one attached hydrogen (secondary N) is 1. The molecule has 150 valence electrons. The highest BCUT2D eigenvalue weighted by molar-refractivity contribution is 5.80. The van der Waals surface area contributed by atoms with Crippen LogP contribution in [0.25, 0.3) is 11.0 Å². The zero-order chi connectivity index (χ0) is 20.7. The van der Waals surface area contributed by atoms with Gasteiger partial charge in [-0.25, -0.2) is 9.37 Å². The van der Waals surface area contributed by atoms with E-state index in [0.29, 0.717) is 11.6 Å². The average Bonchev–Trinajstić information content (AvgIpc) is 2.96. The van der Waals surface area contributed by atoms with E-state index in [1.165, 1.54) is 24.3 Å². The third kappa shape index (κ3) is 4.44. The second-order valence-electron chi connectivity index (χ2n) is 6.39.